The number of nitrogens with zero attached hydrogens (tertiary/aromatic N) is 2. The Labute approximate surface area is 209 Å². The molecule has 8 nitrogen and oxygen atoms in total. The summed E-state index contributed by atoms with van der Waals surface area (Å²) in [5.41, 5.74) is 1.44. The average molecular weight is 504 g/mol. The minimum Gasteiger partial charge on any atom is -0.495 e. The van der Waals surface area contributed by atoms with Crippen molar-refractivity contribution in [3.05, 3.63) is 59.7 Å². The number of carbonyl (C=O) groups excluding carboxylic acids is 2. The molecule has 2 aromatic rings. The van der Waals surface area contributed by atoms with Crippen molar-refractivity contribution in [3.63, 3.8) is 0 Å². The number of rotatable bonds is 10. The number of hydrogen-bond acceptors (Lipinski definition) is 5. The zero-order valence-electron chi connectivity index (χ0n) is 21.7. The number of methoxy groups -OCH3 is 1. The first-order valence-corrected chi connectivity index (χ1v) is 13.4. The first-order chi connectivity index (χ1) is 16.3. The number of amides is 2. The topological polar surface area (TPSA) is 96.0 Å². The minimum absolute atomic E-state index is 0.165. The SMILES string of the molecule is CC[C@@H](C(=O)NC(C)(C)C)N(Cc1ccccc1)C(=O)CN(c1cc(C)ccc1OC)S(C)(=O)=O. The molecule has 2 amide bonds. The molecular formula is C26H37N3O5S. The molecule has 0 aliphatic heterocycles. The van der Waals surface area contributed by atoms with Gasteiger partial charge in [0, 0.05) is 12.1 Å². The zero-order chi connectivity index (χ0) is 26.4. The second kappa shape index (κ2) is 11.6. The number of benzene rings is 2. The molecule has 0 aromatic heterocycles. The van der Waals surface area contributed by atoms with E-state index in [9.17, 15) is 18.0 Å². The van der Waals surface area contributed by atoms with Crippen LogP contribution in [0.1, 0.15) is 45.2 Å². The quantitative estimate of drug-likeness (QED) is 0.535. The maximum atomic E-state index is 13.7. The van der Waals surface area contributed by atoms with Crippen LogP contribution in [0.15, 0.2) is 48.5 Å². The molecule has 2 aromatic carbocycles. The van der Waals surface area contributed by atoms with Crippen molar-refractivity contribution in [1.29, 1.82) is 0 Å². The second-order valence-corrected chi connectivity index (χ2v) is 11.5. The monoisotopic (exact) mass is 503 g/mol. The van der Waals surface area contributed by atoms with E-state index in [0.717, 1.165) is 21.7 Å². The first-order valence-electron chi connectivity index (χ1n) is 11.5. The molecule has 1 N–H and O–H groups in total. The van der Waals surface area contributed by atoms with Gasteiger partial charge in [-0.1, -0.05) is 43.3 Å². The van der Waals surface area contributed by atoms with Gasteiger partial charge in [0.2, 0.25) is 21.8 Å². The lowest BCUT2D eigenvalue weighted by atomic mass is 10.1. The Bertz CT molecular complexity index is 1130. The molecule has 0 radical (unpaired) electrons. The summed E-state index contributed by atoms with van der Waals surface area (Å²) < 4.78 is 32.0. The molecule has 0 aliphatic rings. The van der Waals surface area contributed by atoms with Gasteiger partial charge < -0.3 is 15.0 Å². The summed E-state index contributed by atoms with van der Waals surface area (Å²) in [5.74, 6) is -0.442. The fourth-order valence-electron chi connectivity index (χ4n) is 3.74. The Balaban J connectivity index is 2.50. The molecule has 0 unspecified atom stereocenters. The van der Waals surface area contributed by atoms with Gasteiger partial charge in [0.25, 0.3) is 0 Å². The molecular weight excluding hydrogens is 466 g/mol. The highest BCUT2D eigenvalue weighted by Crippen LogP contribution is 2.31. The average Bonchev–Trinajstić information content (AvgIpc) is 2.75. The Morgan fingerprint density at radius 2 is 1.71 bits per heavy atom. The summed E-state index contributed by atoms with van der Waals surface area (Å²) in [5, 5.41) is 2.95. The van der Waals surface area contributed by atoms with Crippen LogP contribution in [-0.2, 0) is 26.2 Å². The summed E-state index contributed by atoms with van der Waals surface area (Å²) in [7, 11) is -2.40. The zero-order valence-corrected chi connectivity index (χ0v) is 22.5. The summed E-state index contributed by atoms with van der Waals surface area (Å²) in [6.45, 7) is 8.97. The van der Waals surface area contributed by atoms with Crippen LogP contribution in [0.3, 0.4) is 0 Å². The van der Waals surface area contributed by atoms with E-state index in [4.69, 9.17) is 4.74 Å². The summed E-state index contributed by atoms with van der Waals surface area (Å²) in [6.07, 6.45) is 1.42. The molecule has 0 saturated carbocycles. The fraction of sp³-hybridized carbons (Fsp3) is 0.462. The Kier molecular flexibility index (Phi) is 9.31. The molecule has 9 heteroatoms. The molecule has 0 bridgehead atoms. The summed E-state index contributed by atoms with van der Waals surface area (Å²) in [6, 6.07) is 13.7. The maximum Gasteiger partial charge on any atom is 0.244 e. The van der Waals surface area contributed by atoms with Gasteiger partial charge in [-0.05, 0) is 57.4 Å². The lowest BCUT2D eigenvalue weighted by Crippen LogP contribution is -2.55. The molecule has 0 saturated heterocycles. The number of anilines is 1. The predicted octanol–water partition coefficient (Wildman–Crippen LogP) is 3.49. The largest absolute Gasteiger partial charge is 0.495 e. The van der Waals surface area contributed by atoms with E-state index >= 15 is 0 Å². The molecule has 0 aliphatic carbocycles. The number of sulfonamides is 1. The van der Waals surface area contributed by atoms with E-state index in [1.165, 1.54) is 12.0 Å². The van der Waals surface area contributed by atoms with Crippen molar-refractivity contribution in [2.75, 3.05) is 24.2 Å². The van der Waals surface area contributed by atoms with Gasteiger partial charge >= 0.3 is 0 Å². The molecule has 0 heterocycles. The summed E-state index contributed by atoms with van der Waals surface area (Å²) >= 11 is 0. The van der Waals surface area contributed by atoms with Crippen LogP contribution >= 0.6 is 0 Å². The third kappa shape index (κ3) is 7.99. The number of ether oxygens (including phenoxy) is 1. The van der Waals surface area contributed by atoms with Gasteiger partial charge in [0.05, 0.1) is 19.1 Å². The van der Waals surface area contributed by atoms with Crippen LogP contribution in [0.5, 0.6) is 5.75 Å². The lowest BCUT2D eigenvalue weighted by molar-refractivity contribution is -0.141. The van der Waals surface area contributed by atoms with E-state index in [2.05, 4.69) is 5.32 Å². The van der Waals surface area contributed by atoms with E-state index in [0.29, 0.717) is 12.2 Å². The Morgan fingerprint density at radius 1 is 1.09 bits per heavy atom. The van der Waals surface area contributed by atoms with Crippen molar-refractivity contribution in [3.8, 4) is 5.75 Å². The minimum atomic E-state index is -3.84. The predicted molar refractivity (Wildman–Crippen MR) is 139 cm³/mol. The summed E-state index contributed by atoms with van der Waals surface area (Å²) in [4.78, 5) is 28.4. The van der Waals surface area contributed by atoms with Crippen molar-refractivity contribution in [1.82, 2.24) is 10.2 Å². The van der Waals surface area contributed by atoms with Crippen LogP contribution < -0.4 is 14.4 Å². The molecule has 35 heavy (non-hydrogen) atoms. The number of aryl methyl sites for hydroxylation is 1. The molecule has 0 fully saturated rings. The third-order valence-electron chi connectivity index (χ3n) is 5.36. The van der Waals surface area contributed by atoms with Crippen molar-refractivity contribution in [2.24, 2.45) is 0 Å². The van der Waals surface area contributed by atoms with Crippen molar-refractivity contribution in [2.45, 2.75) is 59.2 Å². The Morgan fingerprint density at radius 3 is 2.23 bits per heavy atom. The van der Waals surface area contributed by atoms with Crippen LogP contribution in [0.4, 0.5) is 5.69 Å². The van der Waals surface area contributed by atoms with E-state index < -0.39 is 34.1 Å². The number of carbonyl (C=O) groups is 2. The maximum absolute atomic E-state index is 13.7. The lowest BCUT2D eigenvalue weighted by Gasteiger charge is -2.34. The van der Waals surface area contributed by atoms with E-state index in [-0.39, 0.29) is 18.1 Å². The molecule has 2 rings (SSSR count). The van der Waals surface area contributed by atoms with Gasteiger partial charge in [-0.25, -0.2) is 8.42 Å². The third-order valence-corrected chi connectivity index (χ3v) is 6.49. The van der Waals surface area contributed by atoms with Crippen molar-refractivity contribution >= 4 is 27.5 Å². The van der Waals surface area contributed by atoms with Gasteiger partial charge in [-0.2, -0.15) is 0 Å². The number of nitrogens with one attached hydrogen (secondary N) is 1. The van der Waals surface area contributed by atoms with Crippen molar-refractivity contribution < 1.29 is 22.7 Å². The van der Waals surface area contributed by atoms with Crippen LogP contribution in [0.25, 0.3) is 0 Å². The van der Waals surface area contributed by atoms with Crippen LogP contribution in [-0.4, -0.2) is 56.6 Å². The second-order valence-electron chi connectivity index (χ2n) is 9.62. The first kappa shape index (κ1) is 28.2. The highest BCUT2D eigenvalue weighted by atomic mass is 32.2. The molecule has 192 valence electrons. The van der Waals surface area contributed by atoms with Gasteiger partial charge in [0.15, 0.2) is 0 Å². The van der Waals surface area contributed by atoms with Crippen LogP contribution in [0.2, 0.25) is 0 Å². The highest BCUT2D eigenvalue weighted by molar-refractivity contribution is 7.92. The van der Waals surface area contributed by atoms with E-state index in [1.807, 2.05) is 65.0 Å². The van der Waals surface area contributed by atoms with E-state index in [1.54, 1.807) is 18.2 Å². The van der Waals surface area contributed by atoms with Crippen LogP contribution in [0, 0.1) is 6.92 Å². The standard InChI is InChI=1S/C26H37N3O5S/c1-8-21(25(31)27-26(3,4)5)28(17-20-12-10-9-11-13-20)24(30)18-29(35(7,32)33)22-16-19(2)14-15-23(22)34-6/h9-16,21H,8,17-18H2,1-7H3,(H,27,31)/t21-/m0/s1. The smallest absolute Gasteiger partial charge is 0.244 e. The Hall–Kier alpha value is -3.07. The number of hydrogen-bond donors (Lipinski definition) is 1. The molecule has 1 atom stereocenters. The normalized spacial score (nSPS) is 12.5. The van der Waals surface area contributed by atoms with Gasteiger partial charge in [0.1, 0.15) is 18.3 Å². The van der Waals surface area contributed by atoms with Gasteiger partial charge in [-0.15, -0.1) is 0 Å². The molecule has 0 spiro atoms. The fourth-order valence-corrected chi connectivity index (χ4v) is 4.59. The highest BCUT2D eigenvalue weighted by Gasteiger charge is 2.33. The van der Waals surface area contributed by atoms with Gasteiger partial charge in [-0.3, -0.25) is 13.9 Å².